The summed E-state index contributed by atoms with van der Waals surface area (Å²) in [5, 5.41) is 0.482. The summed E-state index contributed by atoms with van der Waals surface area (Å²) < 4.78 is 38.9. The van der Waals surface area contributed by atoms with Gasteiger partial charge < -0.3 is 4.98 Å². The van der Waals surface area contributed by atoms with E-state index in [9.17, 15) is 18.0 Å². The Morgan fingerprint density at radius 1 is 1.35 bits per heavy atom. The largest absolute Gasteiger partial charge is 0.393 e. The predicted molar refractivity (Wildman–Crippen MR) is 81.1 cm³/mol. The fourth-order valence-electron chi connectivity index (χ4n) is 3.10. The number of aromatic amines is 1. The van der Waals surface area contributed by atoms with E-state index in [1.165, 1.54) is 0 Å². The van der Waals surface area contributed by atoms with Crippen molar-refractivity contribution in [2.75, 3.05) is 13.1 Å². The van der Waals surface area contributed by atoms with Gasteiger partial charge in [0.05, 0.1) is 22.9 Å². The van der Waals surface area contributed by atoms with Gasteiger partial charge in [-0.1, -0.05) is 12.1 Å². The number of rotatable bonds is 2. The summed E-state index contributed by atoms with van der Waals surface area (Å²) >= 11 is 0. The first-order valence-electron chi connectivity index (χ1n) is 7.66. The second kappa shape index (κ2) is 5.96. The molecule has 0 bridgehead atoms. The van der Waals surface area contributed by atoms with Crippen molar-refractivity contribution in [3.05, 3.63) is 40.4 Å². The van der Waals surface area contributed by atoms with Gasteiger partial charge >= 0.3 is 6.18 Å². The first kappa shape index (κ1) is 16.0. The van der Waals surface area contributed by atoms with Crippen molar-refractivity contribution in [3.63, 3.8) is 0 Å². The molecule has 1 aliphatic rings. The molecule has 0 unspecified atom stereocenters. The molecule has 1 aliphatic heterocycles. The smallest absolute Gasteiger partial charge is 0.309 e. The number of para-hydroxylation sites is 1. The molecule has 0 amide bonds. The molecule has 0 aliphatic carbocycles. The number of piperidine rings is 1. The number of nitrogens with zero attached hydrogens (tertiary/aromatic N) is 2. The Kier molecular flexibility index (Phi) is 4.14. The van der Waals surface area contributed by atoms with Crippen molar-refractivity contribution in [2.45, 2.75) is 32.0 Å². The average Bonchev–Trinajstić information content (AvgIpc) is 2.53. The third-order valence-electron chi connectivity index (χ3n) is 4.49. The van der Waals surface area contributed by atoms with Gasteiger partial charge in [-0.3, -0.25) is 9.69 Å². The molecule has 0 saturated carbocycles. The summed E-state index contributed by atoms with van der Waals surface area (Å²) in [5.74, 6) is -0.901. The third kappa shape index (κ3) is 3.24. The minimum absolute atomic E-state index is 0.0544. The monoisotopic (exact) mass is 325 g/mol. The highest BCUT2D eigenvalue weighted by Gasteiger charge is 2.42. The molecular weight excluding hydrogens is 307 g/mol. The number of hydrogen-bond acceptors (Lipinski definition) is 3. The lowest BCUT2D eigenvalue weighted by Crippen LogP contribution is -2.43. The number of hydrogen-bond donors (Lipinski definition) is 1. The number of H-pyrrole nitrogens is 1. The van der Waals surface area contributed by atoms with E-state index in [1.54, 1.807) is 36.1 Å². The van der Waals surface area contributed by atoms with Crippen LogP contribution in [0.4, 0.5) is 13.2 Å². The Bertz CT molecular complexity index is 756. The second-order valence-corrected chi connectivity index (χ2v) is 6.02. The summed E-state index contributed by atoms with van der Waals surface area (Å²) in [7, 11) is 0. The molecule has 4 nitrogen and oxygen atoms in total. The maximum atomic E-state index is 13.0. The lowest BCUT2D eigenvalue weighted by Gasteiger charge is -2.36. The molecule has 7 heteroatoms. The van der Waals surface area contributed by atoms with Crippen molar-refractivity contribution in [2.24, 2.45) is 5.92 Å². The zero-order valence-corrected chi connectivity index (χ0v) is 12.7. The highest BCUT2D eigenvalue weighted by atomic mass is 19.4. The molecule has 1 saturated heterocycles. The van der Waals surface area contributed by atoms with Gasteiger partial charge in [0, 0.05) is 6.54 Å². The molecule has 1 fully saturated rings. The van der Waals surface area contributed by atoms with Crippen LogP contribution in [0.3, 0.4) is 0 Å². The number of fused-ring (bicyclic) bond motifs is 1. The van der Waals surface area contributed by atoms with Gasteiger partial charge in [-0.15, -0.1) is 0 Å². The van der Waals surface area contributed by atoms with E-state index >= 15 is 0 Å². The number of nitrogens with one attached hydrogen (secondary N) is 1. The Labute approximate surface area is 131 Å². The SMILES string of the molecule is C[C@@H](c1nc2ccccc2c(=O)[nH]1)N1CCC[C@@H](C(F)(F)F)C1. The van der Waals surface area contributed by atoms with E-state index in [2.05, 4.69) is 9.97 Å². The first-order chi connectivity index (χ1) is 10.9. The molecule has 2 atom stereocenters. The fourth-order valence-corrected chi connectivity index (χ4v) is 3.10. The number of aromatic nitrogens is 2. The number of benzene rings is 1. The van der Waals surface area contributed by atoms with Crippen LogP contribution in [0.25, 0.3) is 10.9 Å². The van der Waals surface area contributed by atoms with E-state index < -0.39 is 12.1 Å². The zero-order chi connectivity index (χ0) is 16.6. The van der Waals surface area contributed by atoms with Gasteiger partial charge in [0.25, 0.3) is 5.56 Å². The number of halogens is 3. The molecule has 1 aromatic heterocycles. The highest BCUT2D eigenvalue weighted by Crippen LogP contribution is 2.35. The normalized spacial score (nSPS) is 21.5. The van der Waals surface area contributed by atoms with Crippen LogP contribution in [0.15, 0.2) is 29.1 Å². The summed E-state index contributed by atoms with van der Waals surface area (Å²) in [6.07, 6.45) is -3.52. The average molecular weight is 325 g/mol. The minimum Gasteiger partial charge on any atom is -0.309 e. The Hall–Kier alpha value is -1.89. The molecule has 1 N–H and O–H groups in total. The number of likely N-dealkylation sites (tertiary alicyclic amines) is 1. The molecular formula is C16H18F3N3O. The summed E-state index contributed by atoms with van der Waals surface area (Å²) in [6.45, 7) is 2.30. The van der Waals surface area contributed by atoms with Gasteiger partial charge in [0.1, 0.15) is 5.82 Å². The van der Waals surface area contributed by atoms with Gasteiger partial charge in [-0.2, -0.15) is 13.2 Å². The van der Waals surface area contributed by atoms with Crippen LogP contribution in [0.2, 0.25) is 0 Å². The van der Waals surface area contributed by atoms with Crippen molar-refractivity contribution in [1.29, 1.82) is 0 Å². The number of alkyl halides is 3. The van der Waals surface area contributed by atoms with E-state index in [0.29, 0.717) is 29.7 Å². The van der Waals surface area contributed by atoms with Crippen LogP contribution in [0, 0.1) is 5.92 Å². The molecule has 23 heavy (non-hydrogen) atoms. The Balaban J connectivity index is 1.88. The van der Waals surface area contributed by atoms with E-state index in [-0.39, 0.29) is 24.6 Å². The zero-order valence-electron chi connectivity index (χ0n) is 12.7. The Morgan fingerprint density at radius 2 is 2.09 bits per heavy atom. The van der Waals surface area contributed by atoms with Crippen molar-refractivity contribution in [1.82, 2.24) is 14.9 Å². The predicted octanol–water partition coefficient (Wildman–Crippen LogP) is 3.26. The molecule has 2 heterocycles. The minimum atomic E-state index is -4.18. The molecule has 3 rings (SSSR count). The van der Waals surface area contributed by atoms with Gasteiger partial charge in [0.15, 0.2) is 0 Å². The van der Waals surface area contributed by atoms with Gasteiger partial charge in [-0.25, -0.2) is 4.98 Å². The van der Waals surface area contributed by atoms with Crippen LogP contribution in [0.1, 0.15) is 31.6 Å². The van der Waals surface area contributed by atoms with Crippen LogP contribution in [0.5, 0.6) is 0 Å². The van der Waals surface area contributed by atoms with Gasteiger partial charge in [-0.05, 0) is 38.4 Å². The summed E-state index contributed by atoms with van der Waals surface area (Å²) in [4.78, 5) is 21.0. The highest BCUT2D eigenvalue weighted by molar-refractivity contribution is 5.77. The Morgan fingerprint density at radius 3 is 2.83 bits per heavy atom. The van der Waals surface area contributed by atoms with Crippen LogP contribution in [-0.4, -0.2) is 34.1 Å². The topological polar surface area (TPSA) is 49.0 Å². The molecule has 1 aromatic carbocycles. The van der Waals surface area contributed by atoms with Crippen molar-refractivity contribution >= 4 is 10.9 Å². The van der Waals surface area contributed by atoms with Crippen LogP contribution < -0.4 is 5.56 Å². The standard InChI is InChI=1S/C16H18F3N3O/c1-10(22-8-4-5-11(9-22)16(17,18)19)14-20-13-7-3-2-6-12(13)15(23)21-14/h2-3,6-7,10-11H,4-5,8-9H2,1H3,(H,20,21,23)/t10-,11+/m0/s1. The maximum absolute atomic E-state index is 13.0. The maximum Gasteiger partial charge on any atom is 0.393 e. The van der Waals surface area contributed by atoms with Crippen LogP contribution in [-0.2, 0) is 0 Å². The summed E-state index contributed by atoms with van der Waals surface area (Å²) in [6, 6.07) is 6.58. The van der Waals surface area contributed by atoms with E-state index in [1.807, 2.05) is 0 Å². The third-order valence-corrected chi connectivity index (χ3v) is 4.49. The van der Waals surface area contributed by atoms with Crippen molar-refractivity contribution in [3.8, 4) is 0 Å². The lowest BCUT2D eigenvalue weighted by molar-refractivity contribution is -0.188. The van der Waals surface area contributed by atoms with Gasteiger partial charge in [0.2, 0.25) is 0 Å². The lowest BCUT2D eigenvalue weighted by atomic mass is 9.96. The fraction of sp³-hybridized carbons (Fsp3) is 0.500. The molecule has 0 spiro atoms. The molecule has 124 valence electrons. The van der Waals surface area contributed by atoms with E-state index in [0.717, 1.165) is 0 Å². The first-order valence-corrected chi connectivity index (χ1v) is 7.66. The molecule has 2 aromatic rings. The quantitative estimate of drug-likeness (QED) is 0.922. The summed E-state index contributed by atoms with van der Waals surface area (Å²) in [5.41, 5.74) is 0.296. The van der Waals surface area contributed by atoms with Crippen molar-refractivity contribution < 1.29 is 13.2 Å². The second-order valence-electron chi connectivity index (χ2n) is 6.02. The molecule has 0 radical (unpaired) electrons. The van der Waals surface area contributed by atoms with Crippen LogP contribution >= 0.6 is 0 Å². The van der Waals surface area contributed by atoms with E-state index in [4.69, 9.17) is 0 Å².